The lowest BCUT2D eigenvalue weighted by atomic mass is 9.91. The topological polar surface area (TPSA) is 15.3 Å². The van der Waals surface area contributed by atoms with E-state index in [1.807, 2.05) is 11.3 Å². The highest BCUT2D eigenvalue weighted by atomic mass is 32.1. The Morgan fingerprint density at radius 3 is 2.85 bits per heavy atom. The number of hydrogen-bond donors (Lipinski definition) is 1. The van der Waals surface area contributed by atoms with Gasteiger partial charge in [0.2, 0.25) is 0 Å². The minimum absolute atomic E-state index is 0.708. The number of likely N-dealkylation sites (N-methyl/N-ethyl adjacent to an activating group) is 1. The van der Waals surface area contributed by atoms with Crippen molar-refractivity contribution in [3.8, 4) is 0 Å². The summed E-state index contributed by atoms with van der Waals surface area (Å²) in [6.07, 6.45) is 8.44. The van der Waals surface area contributed by atoms with E-state index in [0.29, 0.717) is 6.04 Å². The number of hydrogen-bond acceptors (Lipinski definition) is 3. The SMILES string of the molecule is CN1CC(Cc2cccs2)CC(NCC2CCCC2)C1. The van der Waals surface area contributed by atoms with Crippen molar-refractivity contribution in [1.82, 2.24) is 10.2 Å². The van der Waals surface area contributed by atoms with Gasteiger partial charge in [0.15, 0.2) is 0 Å². The van der Waals surface area contributed by atoms with Gasteiger partial charge >= 0.3 is 0 Å². The van der Waals surface area contributed by atoms with Crippen LogP contribution in [0.25, 0.3) is 0 Å². The molecule has 2 aliphatic rings. The van der Waals surface area contributed by atoms with Crippen molar-refractivity contribution in [2.24, 2.45) is 11.8 Å². The van der Waals surface area contributed by atoms with Crippen LogP contribution in [0.4, 0.5) is 0 Å². The number of thiophene rings is 1. The van der Waals surface area contributed by atoms with Crippen LogP contribution in [0.5, 0.6) is 0 Å². The second-order valence-electron chi connectivity index (χ2n) is 6.86. The summed E-state index contributed by atoms with van der Waals surface area (Å²) in [5.41, 5.74) is 0. The third-order valence-electron chi connectivity index (χ3n) is 4.96. The second kappa shape index (κ2) is 7.06. The van der Waals surface area contributed by atoms with Crippen molar-refractivity contribution < 1.29 is 0 Å². The Labute approximate surface area is 127 Å². The Kier molecular flexibility index (Phi) is 5.14. The van der Waals surface area contributed by atoms with Gasteiger partial charge in [-0.15, -0.1) is 11.3 Å². The fourth-order valence-electron chi connectivity index (χ4n) is 4.00. The van der Waals surface area contributed by atoms with Gasteiger partial charge in [-0.2, -0.15) is 0 Å². The van der Waals surface area contributed by atoms with E-state index in [1.165, 1.54) is 58.2 Å². The van der Waals surface area contributed by atoms with Crippen LogP contribution in [-0.4, -0.2) is 37.6 Å². The zero-order chi connectivity index (χ0) is 13.8. The molecule has 3 heteroatoms. The van der Waals surface area contributed by atoms with Crippen LogP contribution in [-0.2, 0) is 6.42 Å². The maximum absolute atomic E-state index is 3.87. The maximum atomic E-state index is 3.87. The summed E-state index contributed by atoms with van der Waals surface area (Å²) in [6, 6.07) is 5.18. The molecule has 0 aromatic carbocycles. The molecule has 1 aromatic heterocycles. The predicted octanol–water partition coefficient (Wildman–Crippen LogP) is 3.39. The first kappa shape index (κ1) is 14.6. The molecular formula is C17H28N2S. The molecule has 2 atom stereocenters. The van der Waals surface area contributed by atoms with Gasteiger partial charge in [0.25, 0.3) is 0 Å². The molecule has 0 spiro atoms. The minimum Gasteiger partial charge on any atom is -0.312 e. The van der Waals surface area contributed by atoms with Crippen molar-refractivity contribution in [3.63, 3.8) is 0 Å². The molecule has 0 amide bonds. The van der Waals surface area contributed by atoms with E-state index >= 15 is 0 Å². The van der Waals surface area contributed by atoms with Crippen molar-refractivity contribution in [2.75, 3.05) is 26.7 Å². The Hall–Kier alpha value is -0.380. The molecular weight excluding hydrogens is 264 g/mol. The van der Waals surface area contributed by atoms with Crippen LogP contribution >= 0.6 is 11.3 Å². The maximum Gasteiger partial charge on any atom is 0.0198 e. The lowest BCUT2D eigenvalue weighted by molar-refractivity contribution is 0.166. The first-order valence-corrected chi connectivity index (χ1v) is 9.12. The van der Waals surface area contributed by atoms with Gasteiger partial charge in [-0.3, -0.25) is 0 Å². The Morgan fingerprint density at radius 1 is 1.25 bits per heavy atom. The minimum atomic E-state index is 0.708. The summed E-state index contributed by atoms with van der Waals surface area (Å²) in [6.45, 7) is 3.75. The van der Waals surface area contributed by atoms with E-state index in [-0.39, 0.29) is 0 Å². The van der Waals surface area contributed by atoms with Crippen LogP contribution in [0.3, 0.4) is 0 Å². The van der Waals surface area contributed by atoms with Crippen LogP contribution in [0, 0.1) is 11.8 Å². The van der Waals surface area contributed by atoms with E-state index in [9.17, 15) is 0 Å². The van der Waals surface area contributed by atoms with Crippen LogP contribution < -0.4 is 5.32 Å². The van der Waals surface area contributed by atoms with Crippen molar-refractivity contribution in [2.45, 2.75) is 44.6 Å². The molecule has 1 saturated heterocycles. The quantitative estimate of drug-likeness (QED) is 0.895. The first-order valence-electron chi connectivity index (χ1n) is 8.24. The van der Waals surface area contributed by atoms with Crippen molar-refractivity contribution in [1.29, 1.82) is 0 Å². The van der Waals surface area contributed by atoms with Crippen molar-refractivity contribution in [3.05, 3.63) is 22.4 Å². The number of piperidine rings is 1. The van der Waals surface area contributed by atoms with E-state index in [0.717, 1.165) is 11.8 Å². The van der Waals surface area contributed by atoms with Crippen molar-refractivity contribution >= 4 is 11.3 Å². The molecule has 2 heterocycles. The molecule has 2 fully saturated rings. The predicted molar refractivity (Wildman–Crippen MR) is 87.4 cm³/mol. The van der Waals surface area contributed by atoms with Gasteiger partial charge in [-0.05, 0) is 62.6 Å². The first-order chi connectivity index (χ1) is 9.79. The van der Waals surface area contributed by atoms with Crippen LogP contribution in [0.1, 0.15) is 37.0 Å². The average Bonchev–Trinajstić information content (AvgIpc) is 3.08. The Morgan fingerprint density at radius 2 is 2.10 bits per heavy atom. The smallest absolute Gasteiger partial charge is 0.0198 e. The summed E-state index contributed by atoms with van der Waals surface area (Å²) in [7, 11) is 2.28. The summed E-state index contributed by atoms with van der Waals surface area (Å²) >= 11 is 1.91. The number of likely N-dealkylation sites (tertiary alicyclic amines) is 1. The van der Waals surface area contributed by atoms with E-state index in [1.54, 1.807) is 4.88 Å². The van der Waals surface area contributed by atoms with E-state index in [4.69, 9.17) is 0 Å². The third-order valence-corrected chi connectivity index (χ3v) is 5.86. The second-order valence-corrected chi connectivity index (χ2v) is 7.89. The molecule has 1 aromatic rings. The van der Waals surface area contributed by atoms with Gasteiger partial charge in [0, 0.05) is 24.0 Å². The van der Waals surface area contributed by atoms with E-state index in [2.05, 4.69) is 34.8 Å². The van der Waals surface area contributed by atoms with Crippen LogP contribution in [0.2, 0.25) is 0 Å². The lowest BCUT2D eigenvalue weighted by Crippen LogP contribution is -2.49. The van der Waals surface area contributed by atoms with Gasteiger partial charge in [-0.25, -0.2) is 0 Å². The molecule has 112 valence electrons. The standard InChI is InChI=1S/C17H28N2S/c1-19-12-15(10-17-7-4-8-20-17)9-16(13-19)18-11-14-5-2-3-6-14/h4,7-8,14-16,18H,2-3,5-6,9-13H2,1H3. The summed E-state index contributed by atoms with van der Waals surface area (Å²) in [4.78, 5) is 4.08. The molecule has 2 unspecified atom stereocenters. The molecule has 2 nitrogen and oxygen atoms in total. The molecule has 1 aliphatic carbocycles. The van der Waals surface area contributed by atoms with Gasteiger partial charge < -0.3 is 10.2 Å². The molecule has 0 bridgehead atoms. The molecule has 1 N–H and O–H groups in total. The average molecular weight is 292 g/mol. The number of rotatable bonds is 5. The molecule has 1 aliphatic heterocycles. The monoisotopic (exact) mass is 292 g/mol. The fourth-order valence-corrected chi connectivity index (χ4v) is 4.82. The normalized spacial score (nSPS) is 29.1. The lowest BCUT2D eigenvalue weighted by Gasteiger charge is -2.36. The summed E-state index contributed by atoms with van der Waals surface area (Å²) in [5, 5.41) is 6.07. The largest absolute Gasteiger partial charge is 0.312 e. The van der Waals surface area contributed by atoms with Crippen LogP contribution in [0.15, 0.2) is 17.5 Å². The highest BCUT2D eigenvalue weighted by molar-refractivity contribution is 7.09. The van der Waals surface area contributed by atoms with E-state index < -0.39 is 0 Å². The number of nitrogens with zero attached hydrogens (tertiary/aromatic N) is 1. The third kappa shape index (κ3) is 4.06. The zero-order valence-corrected chi connectivity index (χ0v) is 13.5. The molecule has 3 rings (SSSR count). The summed E-state index contributed by atoms with van der Waals surface area (Å²) in [5.74, 6) is 1.78. The highest BCUT2D eigenvalue weighted by Gasteiger charge is 2.26. The molecule has 1 saturated carbocycles. The van der Waals surface area contributed by atoms with Gasteiger partial charge in [0.05, 0.1) is 0 Å². The Bertz CT molecular complexity index is 384. The van der Waals surface area contributed by atoms with Gasteiger partial charge in [0.1, 0.15) is 0 Å². The Balaban J connectivity index is 1.47. The fraction of sp³-hybridized carbons (Fsp3) is 0.765. The van der Waals surface area contributed by atoms with Gasteiger partial charge in [-0.1, -0.05) is 18.9 Å². The molecule has 0 radical (unpaired) electrons. The number of nitrogens with one attached hydrogen (secondary N) is 1. The zero-order valence-electron chi connectivity index (χ0n) is 12.7. The molecule has 20 heavy (non-hydrogen) atoms. The highest BCUT2D eigenvalue weighted by Crippen LogP contribution is 2.26. The summed E-state index contributed by atoms with van der Waals surface area (Å²) < 4.78 is 0.